The van der Waals surface area contributed by atoms with Crippen LogP contribution in [-0.4, -0.2) is 16.8 Å². The Morgan fingerprint density at radius 1 is 1.19 bits per heavy atom. The summed E-state index contributed by atoms with van der Waals surface area (Å²) in [5, 5.41) is 7.18. The molecule has 134 valence electrons. The van der Waals surface area contributed by atoms with Gasteiger partial charge in [-0.05, 0) is 36.4 Å². The Hall–Kier alpha value is -2.38. The van der Waals surface area contributed by atoms with Crippen LogP contribution in [0.4, 0.5) is 8.78 Å². The number of carbonyl (C=O) groups excluding carboxylic acids is 1. The van der Waals surface area contributed by atoms with Gasteiger partial charge in [0.25, 0.3) is 11.7 Å². The van der Waals surface area contributed by atoms with Crippen LogP contribution < -0.4 is 5.32 Å². The van der Waals surface area contributed by atoms with E-state index in [-0.39, 0.29) is 17.0 Å². The molecule has 1 heterocycles. The van der Waals surface area contributed by atoms with Crippen LogP contribution in [0.25, 0.3) is 11.3 Å². The normalized spacial score (nSPS) is 10.9. The first kappa shape index (κ1) is 18.4. The van der Waals surface area contributed by atoms with E-state index in [4.69, 9.17) is 16.1 Å². The molecule has 0 fully saturated rings. The molecule has 1 amide bonds. The van der Waals surface area contributed by atoms with Gasteiger partial charge in [0.15, 0.2) is 5.76 Å². The summed E-state index contributed by atoms with van der Waals surface area (Å²) >= 11 is 6.19. The highest BCUT2D eigenvalue weighted by Gasteiger charge is 2.15. The molecule has 2 aromatic carbocycles. The lowest BCUT2D eigenvalue weighted by Crippen LogP contribution is -2.23. The molecule has 0 bridgehead atoms. The second-order valence-electron chi connectivity index (χ2n) is 5.25. The molecular weight excluding hydrogens is 382 g/mol. The van der Waals surface area contributed by atoms with Crippen molar-refractivity contribution in [1.82, 2.24) is 10.5 Å². The minimum absolute atomic E-state index is 0.115. The monoisotopic (exact) mass is 394 g/mol. The fraction of sp³-hybridized carbons (Fsp3) is 0.111. The van der Waals surface area contributed by atoms with Gasteiger partial charge in [0.05, 0.1) is 12.1 Å². The van der Waals surface area contributed by atoms with E-state index in [0.717, 1.165) is 5.56 Å². The molecule has 4 nitrogen and oxygen atoms in total. The van der Waals surface area contributed by atoms with Crippen LogP contribution in [0.1, 0.15) is 16.1 Å². The predicted molar refractivity (Wildman–Crippen MR) is 96.4 cm³/mol. The largest absolute Gasteiger partial charge is 0.356 e. The molecule has 26 heavy (non-hydrogen) atoms. The molecule has 0 spiro atoms. The van der Waals surface area contributed by atoms with Crippen molar-refractivity contribution < 1.29 is 18.1 Å². The molecule has 1 aromatic heterocycles. The number of nitrogens with one attached hydrogen (secondary N) is 1. The molecule has 0 unspecified atom stereocenters. The molecule has 3 rings (SSSR count). The quantitative estimate of drug-likeness (QED) is 0.581. The van der Waals surface area contributed by atoms with Crippen LogP contribution in [-0.2, 0) is 6.54 Å². The van der Waals surface area contributed by atoms with Crippen LogP contribution in [0.3, 0.4) is 0 Å². The zero-order valence-corrected chi connectivity index (χ0v) is 14.9. The van der Waals surface area contributed by atoms with Crippen LogP contribution in [0.15, 0.2) is 64.0 Å². The Morgan fingerprint density at radius 2 is 1.92 bits per heavy atom. The Balaban J connectivity index is 1.66. The zero-order valence-electron chi connectivity index (χ0n) is 13.3. The van der Waals surface area contributed by atoms with Crippen molar-refractivity contribution in [3.8, 4) is 11.3 Å². The maximum absolute atomic E-state index is 12.6. The first-order chi connectivity index (χ1) is 12.5. The molecule has 0 aliphatic rings. The van der Waals surface area contributed by atoms with E-state index >= 15 is 0 Å². The van der Waals surface area contributed by atoms with Crippen LogP contribution >= 0.6 is 23.4 Å². The second kappa shape index (κ2) is 8.33. The molecule has 8 heteroatoms. The van der Waals surface area contributed by atoms with Crippen molar-refractivity contribution >= 4 is 29.3 Å². The van der Waals surface area contributed by atoms with E-state index < -0.39 is 11.7 Å². The number of halogens is 3. The average molecular weight is 395 g/mol. The van der Waals surface area contributed by atoms with Gasteiger partial charge in [-0.15, -0.1) is 0 Å². The summed E-state index contributed by atoms with van der Waals surface area (Å²) < 4.78 is 30.5. The molecule has 0 aliphatic heterocycles. The standard InChI is InChI=1S/C18H13ClF2N2O2S/c19-12-7-5-11(6-8-12)15-9-13(23-25-15)10-22-17(24)14-3-1-2-4-16(14)26-18(20)21/h1-9,18H,10H2,(H,22,24). The van der Waals surface area contributed by atoms with Gasteiger partial charge in [-0.3, -0.25) is 4.79 Å². The van der Waals surface area contributed by atoms with E-state index in [1.807, 2.05) is 0 Å². The van der Waals surface area contributed by atoms with Crippen LogP contribution in [0.2, 0.25) is 5.02 Å². The zero-order chi connectivity index (χ0) is 18.5. The number of carbonyl (C=O) groups is 1. The fourth-order valence-electron chi connectivity index (χ4n) is 2.26. The van der Waals surface area contributed by atoms with Gasteiger partial charge < -0.3 is 9.84 Å². The maximum atomic E-state index is 12.6. The number of benzene rings is 2. The molecule has 0 radical (unpaired) electrons. The molecule has 0 saturated carbocycles. The molecule has 0 atom stereocenters. The van der Waals surface area contributed by atoms with Crippen molar-refractivity contribution in [2.75, 3.05) is 0 Å². The highest BCUT2D eigenvalue weighted by atomic mass is 35.5. The third-order valence-corrected chi connectivity index (χ3v) is 4.51. The lowest BCUT2D eigenvalue weighted by atomic mass is 10.1. The lowest BCUT2D eigenvalue weighted by Gasteiger charge is -2.08. The van der Waals surface area contributed by atoms with E-state index in [2.05, 4.69) is 10.5 Å². The van der Waals surface area contributed by atoms with Crippen LogP contribution in [0, 0.1) is 0 Å². The Labute approximate surface area is 157 Å². The third-order valence-electron chi connectivity index (χ3n) is 3.47. The van der Waals surface area contributed by atoms with Gasteiger partial charge in [-0.25, -0.2) is 0 Å². The smallest absolute Gasteiger partial charge is 0.288 e. The maximum Gasteiger partial charge on any atom is 0.288 e. The lowest BCUT2D eigenvalue weighted by molar-refractivity contribution is 0.0947. The Bertz CT molecular complexity index is 900. The van der Waals surface area contributed by atoms with Gasteiger partial charge in [-0.1, -0.05) is 40.7 Å². The van der Waals surface area contributed by atoms with Gasteiger partial charge in [0, 0.05) is 21.5 Å². The molecule has 1 N–H and O–H groups in total. The number of aromatic nitrogens is 1. The van der Waals surface area contributed by atoms with E-state index in [1.165, 1.54) is 12.1 Å². The minimum atomic E-state index is -2.60. The van der Waals surface area contributed by atoms with Crippen molar-refractivity contribution in [2.24, 2.45) is 0 Å². The third kappa shape index (κ3) is 4.62. The van der Waals surface area contributed by atoms with Crippen LogP contribution in [0.5, 0.6) is 0 Å². The van der Waals surface area contributed by atoms with E-state index in [0.29, 0.717) is 28.2 Å². The van der Waals surface area contributed by atoms with Crippen molar-refractivity contribution in [2.45, 2.75) is 17.2 Å². The predicted octanol–water partition coefficient (Wildman–Crippen LogP) is 5.24. The van der Waals surface area contributed by atoms with Crippen molar-refractivity contribution in [3.05, 3.63) is 70.9 Å². The second-order valence-corrected chi connectivity index (χ2v) is 6.72. The summed E-state index contributed by atoms with van der Waals surface area (Å²) in [6.07, 6.45) is 0. The molecule has 0 saturated heterocycles. The fourth-order valence-corrected chi connectivity index (χ4v) is 3.03. The van der Waals surface area contributed by atoms with Gasteiger partial charge >= 0.3 is 0 Å². The van der Waals surface area contributed by atoms with E-state index in [9.17, 15) is 13.6 Å². The summed E-state index contributed by atoms with van der Waals surface area (Å²) in [7, 11) is 0. The average Bonchev–Trinajstić information content (AvgIpc) is 3.09. The van der Waals surface area contributed by atoms with Crippen molar-refractivity contribution in [1.29, 1.82) is 0 Å². The molecule has 0 aliphatic carbocycles. The first-order valence-electron chi connectivity index (χ1n) is 7.56. The highest BCUT2D eigenvalue weighted by Crippen LogP contribution is 2.28. The number of hydrogen-bond acceptors (Lipinski definition) is 4. The SMILES string of the molecule is O=C(NCc1cc(-c2ccc(Cl)cc2)on1)c1ccccc1SC(F)F. The van der Waals surface area contributed by atoms with Gasteiger partial charge in [0.2, 0.25) is 0 Å². The highest BCUT2D eigenvalue weighted by molar-refractivity contribution is 7.99. The van der Waals surface area contributed by atoms with E-state index in [1.54, 1.807) is 42.5 Å². The number of amides is 1. The Morgan fingerprint density at radius 3 is 2.65 bits per heavy atom. The summed E-state index contributed by atoms with van der Waals surface area (Å²) in [6, 6.07) is 15.0. The summed E-state index contributed by atoms with van der Waals surface area (Å²) in [5.74, 6) is -2.51. The first-order valence-corrected chi connectivity index (χ1v) is 8.82. The van der Waals surface area contributed by atoms with Gasteiger partial charge in [0.1, 0.15) is 5.69 Å². The van der Waals surface area contributed by atoms with Gasteiger partial charge in [-0.2, -0.15) is 8.78 Å². The topological polar surface area (TPSA) is 55.1 Å². The van der Waals surface area contributed by atoms with Crippen molar-refractivity contribution in [3.63, 3.8) is 0 Å². The number of alkyl halides is 2. The number of hydrogen-bond donors (Lipinski definition) is 1. The summed E-state index contributed by atoms with van der Waals surface area (Å²) in [6.45, 7) is 0.115. The Kier molecular flexibility index (Phi) is 5.90. The summed E-state index contributed by atoms with van der Waals surface area (Å²) in [4.78, 5) is 12.5. The molecular formula is C18H13ClF2N2O2S. The molecule has 3 aromatic rings. The summed E-state index contributed by atoms with van der Waals surface area (Å²) in [5.41, 5.74) is 1.51. The minimum Gasteiger partial charge on any atom is -0.356 e. The number of thioether (sulfide) groups is 1. The number of rotatable bonds is 6. The number of nitrogens with zero attached hydrogens (tertiary/aromatic N) is 1.